The molecule has 1 amide bonds. The van der Waals surface area contributed by atoms with Crippen molar-refractivity contribution in [2.24, 2.45) is 0 Å². The molecule has 5 nitrogen and oxygen atoms in total. The first-order chi connectivity index (χ1) is 10.1. The van der Waals surface area contributed by atoms with E-state index in [1.807, 2.05) is 35.7 Å². The van der Waals surface area contributed by atoms with E-state index < -0.39 is 11.9 Å². The molecule has 2 rings (SSSR count). The number of thioether (sulfide) groups is 1. The van der Waals surface area contributed by atoms with Gasteiger partial charge in [-0.1, -0.05) is 18.2 Å². The highest BCUT2D eigenvalue weighted by Crippen LogP contribution is 2.24. The summed E-state index contributed by atoms with van der Waals surface area (Å²) in [6.45, 7) is 0. The first kappa shape index (κ1) is 15.3. The zero-order valence-electron chi connectivity index (χ0n) is 10.9. The lowest BCUT2D eigenvalue weighted by Gasteiger charge is -1.98. The van der Waals surface area contributed by atoms with Gasteiger partial charge >= 0.3 is 5.97 Å². The number of carboxylic acid groups (broad SMARTS) is 1. The molecule has 0 bridgehead atoms. The fourth-order valence-electron chi connectivity index (χ4n) is 1.40. The maximum atomic E-state index is 11.4. The number of carbonyl (C=O) groups is 2. The highest BCUT2D eigenvalue weighted by molar-refractivity contribution is 7.98. The molecule has 2 aromatic rings. The third kappa shape index (κ3) is 5.41. The number of carboxylic acids is 1. The lowest BCUT2D eigenvalue weighted by Crippen LogP contribution is -2.08. The monoisotopic (exact) mass is 320 g/mol. The maximum Gasteiger partial charge on any atom is 0.328 e. The van der Waals surface area contributed by atoms with E-state index in [0.717, 1.165) is 22.7 Å². The number of aliphatic carboxylic acids is 1. The SMILES string of the molecule is O=C(O)/C=C/C(=O)Nc1nc(CSc2ccccc2)cs1. The van der Waals surface area contributed by atoms with Crippen LogP contribution in [-0.2, 0) is 15.3 Å². The van der Waals surface area contributed by atoms with Crippen LogP contribution < -0.4 is 5.32 Å². The summed E-state index contributed by atoms with van der Waals surface area (Å²) in [6, 6.07) is 9.96. The molecule has 0 radical (unpaired) electrons. The molecule has 0 unspecified atom stereocenters. The lowest BCUT2D eigenvalue weighted by molar-refractivity contribution is -0.131. The van der Waals surface area contributed by atoms with Crippen LogP contribution in [0.5, 0.6) is 0 Å². The fourth-order valence-corrected chi connectivity index (χ4v) is 3.03. The number of amides is 1. The van der Waals surface area contributed by atoms with Crippen molar-refractivity contribution in [1.82, 2.24) is 4.98 Å². The second-order valence-corrected chi connectivity index (χ2v) is 5.81. The zero-order valence-corrected chi connectivity index (χ0v) is 12.5. The van der Waals surface area contributed by atoms with Gasteiger partial charge in [-0.15, -0.1) is 23.1 Å². The molecule has 1 heterocycles. The second kappa shape index (κ2) is 7.61. The van der Waals surface area contributed by atoms with Crippen LogP contribution in [0.25, 0.3) is 0 Å². The lowest BCUT2D eigenvalue weighted by atomic mass is 10.4. The molecule has 0 fully saturated rings. The Morgan fingerprint density at radius 3 is 2.76 bits per heavy atom. The number of aromatic nitrogens is 1. The van der Waals surface area contributed by atoms with Gasteiger partial charge in [-0.3, -0.25) is 10.1 Å². The van der Waals surface area contributed by atoms with Gasteiger partial charge in [-0.2, -0.15) is 0 Å². The first-order valence-corrected chi connectivity index (χ1v) is 7.84. The Labute approximate surface area is 129 Å². The Morgan fingerprint density at radius 1 is 1.29 bits per heavy atom. The van der Waals surface area contributed by atoms with Crippen molar-refractivity contribution < 1.29 is 14.7 Å². The molecule has 0 aliphatic heterocycles. The summed E-state index contributed by atoms with van der Waals surface area (Å²) in [5.74, 6) is -0.959. The largest absolute Gasteiger partial charge is 0.478 e. The van der Waals surface area contributed by atoms with E-state index in [0.29, 0.717) is 10.9 Å². The molecule has 7 heteroatoms. The van der Waals surface area contributed by atoms with E-state index in [1.165, 1.54) is 11.3 Å². The van der Waals surface area contributed by atoms with Gasteiger partial charge in [0.15, 0.2) is 5.13 Å². The number of hydrogen-bond acceptors (Lipinski definition) is 5. The van der Waals surface area contributed by atoms with E-state index in [1.54, 1.807) is 11.8 Å². The van der Waals surface area contributed by atoms with Crippen LogP contribution in [-0.4, -0.2) is 22.0 Å². The normalized spacial score (nSPS) is 10.7. The predicted octanol–water partition coefficient (Wildman–Crippen LogP) is 3.01. The molecule has 1 aromatic heterocycles. The summed E-state index contributed by atoms with van der Waals surface area (Å²) >= 11 is 2.97. The van der Waals surface area contributed by atoms with Gasteiger partial charge in [-0.25, -0.2) is 9.78 Å². The number of benzene rings is 1. The van der Waals surface area contributed by atoms with Crippen molar-refractivity contribution in [2.45, 2.75) is 10.6 Å². The van der Waals surface area contributed by atoms with Gasteiger partial charge in [-0.05, 0) is 12.1 Å². The Hall–Kier alpha value is -2.12. The molecular formula is C14H12N2O3S2. The summed E-state index contributed by atoms with van der Waals surface area (Å²) < 4.78 is 0. The second-order valence-electron chi connectivity index (χ2n) is 3.91. The van der Waals surface area contributed by atoms with Gasteiger partial charge in [0.1, 0.15) is 0 Å². The standard InChI is InChI=1S/C14H12N2O3S2/c17-12(6-7-13(18)19)16-14-15-10(9-21-14)8-20-11-4-2-1-3-5-11/h1-7,9H,8H2,(H,18,19)(H,15,16,17)/b7-6+. The van der Waals surface area contributed by atoms with Crippen LogP contribution in [0.4, 0.5) is 5.13 Å². The van der Waals surface area contributed by atoms with Crippen molar-refractivity contribution in [3.05, 3.63) is 53.6 Å². The van der Waals surface area contributed by atoms with E-state index in [-0.39, 0.29) is 0 Å². The molecular weight excluding hydrogens is 308 g/mol. The summed E-state index contributed by atoms with van der Waals surface area (Å²) in [6.07, 6.45) is 1.75. The third-order valence-electron chi connectivity index (χ3n) is 2.29. The molecule has 2 N–H and O–H groups in total. The number of rotatable bonds is 6. The Kier molecular flexibility index (Phi) is 5.53. The third-order valence-corrected chi connectivity index (χ3v) is 4.14. The Bertz CT molecular complexity index is 653. The average Bonchev–Trinajstić information content (AvgIpc) is 2.91. The fraction of sp³-hybridized carbons (Fsp3) is 0.0714. The van der Waals surface area contributed by atoms with Gasteiger partial charge in [0, 0.05) is 28.2 Å². The van der Waals surface area contributed by atoms with Crippen molar-refractivity contribution in [3.63, 3.8) is 0 Å². The average molecular weight is 320 g/mol. The number of thiazole rings is 1. The molecule has 1 aromatic carbocycles. The maximum absolute atomic E-state index is 11.4. The van der Waals surface area contributed by atoms with Crippen LogP contribution in [0, 0.1) is 0 Å². The van der Waals surface area contributed by atoms with E-state index in [4.69, 9.17) is 5.11 Å². The summed E-state index contributed by atoms with van der Waals surface area (Å²) in [5, 5.41) is 13.3. The Balaban J connectivity index is 1.86. The molecule has 0 spiro atoms. The topological polar surface area (TPSA) is 79.3 Å². The van der Waals surface area contributed by atoms with Crippen LogP contribution in [0.3, 0.4) is 0 Å². The highest BCUT2D eigenvalue weighted by Gasteiger charge is 2.05. The molecule has 0 saturated carbocycles. The minimum absolute atomic E-state index is 0.457. The van der Waals surface area contributed by atoms with Gasteiger partial charge in [0.2, 0.25) is 5.91 Å². The van der Waals surface area contributed by atoms with Crippen LogP contribution in [0.2, 0.25) is 0 Å². The Morgan fingerprint density at radius 2 is 2.05 bits per heavy atom. The number of hydrogen-bond donors (Lipinski definition) is 2. The number of anilines is 1. The molecule has 108 valence electrons. The molecule has 0 saturated heterocycles. The van der Waals surface area contributed by atoms with Gasteiger partial charge in [0.05, 0.1) is 5.69 Å². The van der Waals surface area contributed by atoms with Gasteiger partial charge in [0.25, 0.3) is 0 Å². The predicted molar refractivity (Wildman–Crippen MR) is 83.5 cm³/mol. The molecule has 21 heavy (non-hydrogen) atoms. The quantitative estimate of drug-likeness (QED) is 0.632. The molecule has 0 atom stereocenters. The first-order valence-electron chi connectivity index (χ1n) is 5.98. The highest BCUT2D eigenvalue weighted by atomic mass is 32.2. The number of carbonyl (C=O) groups excluding carboxylic acids is 1. The summed E-state index contributed by atoms with van der Waals surface area (Å²) in [7, 11) is 0. The zero-order chi connectivity index (χ0) is 15.1. The smallest absolute Gasteiger partial charge is 0.328 e. The summed E-state index contributed by atoms with van der Waals surface area (Å²) in [5.41, 5.74) is 0.867. The van der Waals surface area contributed by atoms with E-state index in [9.17, 15) is 9.59 Å². The number of nitrogens with one attached hydrogen (secondary N) is 1. The van der Waals surface area contributed by atoms with Crippen LogP contribution in [0.1, 0.15) is 5.69 Å². The molecule has 0 aliphatic carbocycles. The van der Waals surface area contributed by atoms with Crippen LogP contribution in [0.15, 0.2) is 52.8 Å². The van der Waals surface area contributed by atoms with Crippen molar-refractivity contribution in [2.75, 3.05) is 5.32 Å². The van der Waals surface area contributed by atoms with Crippen molar-refractivity contribution >= 4 is 40.1 Å². The van der Waals surface area contributed by atoms with Crippen molar-refractivity contribution in [3.8, 4) is 0 Å². The minimum Gasteiger partial charge on any atom is -0.478 e. The number of nitrogens with zero attached hydrogens (tertiary/aromatic N) is 1. The minimum atomic E-state index is -1.16. The van der Waals surface area contributed by atoms with E-state index in [2.05, 4.69) is 10.3 Å². The molecule has 0 aliphatic rings. The van der Waals surface area contributed by atoms with Gasteiger partial charge < -0.3 is 5.11 Å². The van der Waals surface area contributed by atoms with Crippen LogP contribution >= 0.6 is 23.1 Å². The van der Waals surface area contributed by atoms with Crippen molar-refractivity contribution in [1.29, 1.82) is 0 Å². The van der Waals surface area contributed by atoms with E-state index >= 15 is 0 Å². The summed E-state index contributed by atoms with van der Waals surface area (Å²) in [4.78, 5) is 27.1.